The summed E-state index contributed by atoms with van der Waals surface area (Å²) in [5.74, 6) is 0. The van der Waals surface area contributed by atoms with Gasteiger partial charge < -0.3 is 0 Å². The monoisotopic (exact) mass is 205 g/mol. The second-order valence-electron chi connectivity index (χ2n) is 3.07. The molecule has 0 aliphatic heterocycles. The smallest absolute Gasteiger partial charge is 0.0303 e. The predicted octanol–water partition coefficient (Wildman–Crippen LogP) is 3.79. The van der Waals surface area contributed by atoms with E-state index in [0.717, 1.165) is 17.7 Å². The second-order valence-corrected chi connectivity index (χ2v) is 4.43. The highest BCUT2D eigenvalue weighted by molar-refractivity contribution is 8.06. The number of aromatic nitrogens is 1. The maximum Gasteiger partial charge on any atom is 0.0303 e. The summed E-state index contributed by atoms with van der Waals surface area (Å²) in [4.78, 5) is 6.36. The first-order chi connectivity index (χ1) is 6.72. The van der Waals surface area contributed by atoms with Crippen molar-refractivity contribution in [3.63, 3.8) is 0 Å². The van der Waals surface area contributed by atoms with Gasteiger partial charge in [0.05, 0.1) is 0 Å². The van der Waals surface area contributed by atoms with Crippen LogP contribution in [0.2, 0.25) is 0 Å². The van der Waals surface area contributed by atoms with Crippen LogP contribution in [0.3, 0.4) is 0 Å². The summed E-state index contributed by atoms with van der Waals surface area (Å²) in [7, 11) is 0. The van der Waals surface area contributed by atoms with Gasteiger partial charge in [-0.15, -0.1) is 0 Å². The van der Waals surface area contributed by atoms with Gasteiger partial charge in [-0.2, -0.15) is 0 Å². The number of allylic oxidation sites excluding steroid dienone is 2. The molecule has 1 aromatic heterocycles. The number of hydrogen-bond donors (Lipinski definition) is 0. The second kappa shape index (κ2) is 5.66. The van der Waals surface area contributed by atoms with E-state index in [2.05, 4.69) is 31.1 Å². The minimum Gasteiger partial charge on any atom is -0.264 e. The van der Waals surface area contributed by atoms with Crippen molar-refractivity contribution in [2.45, 2.75) is 19.8 Å². The van der Waals surface area contributed by atoms with Crippen LogP contribution < -0.4 is 0 Å². The Morgan fingerprint density at radius 1 is 1.43 bits per heavy atom. The summed E-state index contributed by atoms with van der Waals surface area (Å²) in [6.07, 6.45) is 5.53. The van der Waals surface area contributed by atoms with Crippen LogP contribution in [0.1, 0.15) is 18.9 Å². The Bertz CT molecular complexity index is 316. The van der Waals surface area contributed by atoms with Gasteiger partial charge in [-0.3, -0.25) is 4.98 Å². The standard InChI is InChI=1S/C12H15NS/c1-4-10(2)14-11(3)8-12-6-5-7-13-9-12/h5-7,9H,2-4,8H2,1H3. The molecule has 0 fully saturated rings. The maximum atomic E-state index is 4.06. The minimum absolute atomic E-state index is 0.873. The van der Waals surface area contributed by atoms with Crippen LogP contribution in [0.25, 0.3) is 0 Å². The summed E-state index contributed by atoms with van der Waals surface area (Å²) in [6, 6.07) is 4.01. The topological polar surface area (TPSA) is 12.9 Å². The fourth-order valence-corrected chi connectivity index (χ4v) is 1.83. The predicted molar refractivity (Wildman–Crippen MR) is 64.1 cm³/mol. The Kier molecular flexibility index (Phi) is 4.47. The van der Waals surface area contributed by atoms with Crippen LogP contribution in [0.4, 0.5) is 0 Å². The van der Waals surface area contributed by atoms with Gasteiger partial charge >= 0.3 is 0 Å². The molecule has 0 bridgehead atoms. The molecule has 1 heterocycles. The van der Waals surface area contributed by atoms with Crippen LogP contribution in [0, 0.1) is 0 Å². The molecule has 0 atom stereocenters. The third-order valence-electron chi connectivity index (χ3n) is 1.81. The van der Waals surface area contributed by atoms with Crippen LogP contribution in [-0.4, -0.2) is 4.98 Å². The van der Waals surface area contributed by atoms with Gasteiger partial charge in [-0.1, -0.05) is 37.9 Å². The molecule has 2 heteroatoms. The van der Waals surface area contributed by atoms with Gasteiger partial charge in [-0.25, -0.2) is 0 Å². The van der Waals surface area contributed by atoms with E-state index in [1.54, 1.807) is 18.0 Å². The van der Waals surface area contributed by atoms with E-state index in [0.29, 0.717) is 0 Å². The Labute approximate surface area is 89.9 Å². The fourth-order valence-electron chi connectivity index (χ4n) is 1.04. The van der Waals surface area contributed by atoms with Crippen molar-refractivity contribution in [2.75, 3.05) is 0 Å². The van der Waals surface area contributed by atoms with Gasteiger partial charge in [0.1, 0.15) is 0 Å². The van der Waals surface area contributed by atoms with Crippen molar-refractivity contribution in [1.29, 1.82) is 0 Å². The lowest BCUT2D eigenvalue weighted by Gasteiger charge is -2.05. The van der Waals surface area contributed by atoms with Crippen LogP contribution in [0.15, 0.2) is 47.5 Å². The molecule has 0 spiro atoms. The lowest BCUT2D eigenvalue weighted by atomic mass is 10.2. The molecular weight excluding hydrogens is 190 g/mol. The maximum absolute atomic E-state index is 4.06. The number of thioether (sulfide) groups is 1. The molecular formula is C12H15NS. The van der Waals surface area contributed by atoms with E-state index < -0.39 is 0 Å². The third kappa shape index (κ3) is 3.79. The highest BCUT2D eigenvalue weighted by Crippen LogP contribution is 2.26. The first-order valence-corrected chi connectivity index (χ1v) is 5.46. The van der Waals surface area contributed by atoms with Crippen molar-refractivity contribution >= 4 is 11.8 Å². The quantitative estimate of drug-likeness (QED) is 0.725. The highest BCUT2D eigenvalue weighted by Gasteiger charge is 1.99. The Morgan fingerprint density at radius 3 is 2.79 bits per heavy atom. The normalized spacial score (nSPS) is 9.79. The average Bonchev–Trinajstić information content (AvgIpc) is 2.19. The van der Waals surface area contributed by atoms with E-state index in [1.807, 2.05) is 12.3 Å². The van der Waals surface area contributed by atoms with Crippen LogP contribution >= 0.6 is 11.8 Å². The highest BCUT2D eigenvalue weighted by atomic mass is 32.2. The van der Waals surface area contributed by atoms with E-state index in [9.17, 15) is 0 Å². The summed E-state index contributed by atoms with van der Waals surface area (Å²) in [5, 5.41) is 0. The Morgan fingerprint density at radius 2 is 2.21 bits per heavy atom. The zero-order valence-corrected chi connectivity index (χ0v) is 9.31. The molecule has 14 heavy (non-hydrogen) atoms. The number of hydrogen-bond acceptors (Lipinski definition) is 2. The Hall–Kier alpha value is -1.02. The zero-order chi connectivity index (χ0) is 10.4. The molecule has 0 amide bonds. The molecule has 74 valence electrons. The number of nitrogens with zero attached hydrogens (tertiary/aromatic N) is 1. The molecule has 0 radical (unpaired) electrons. The summed E-state index contributed by atoms with van der Waals surface area (Å²) in [6.45, 7) is 10.1. The lowest BCUT2D eigenvalue weighted by molar-refractivity contribution is 1.17. The average molecular weight is 205 g/mol. The molecule has 1 nitrogen and oxygen atoms in total. The largest absolute Gasteiger partial charge is 0.264 e. The summed E-state index contributed by atoms with van der Waals surface area (Å²) < 4.78 is 0. The van der Waals surface area contributed by atoms with Crippen LogP contribution in [0.5, 0.6) is 0 Å². The summed E-state index contributed by atoms with van der Waals surface area (Å²) >= 11 is 1.68. The first kappa shape index (κ1) is 11.1. The van der Waals surface area contributed by atoms with Crippen molar-refractivity contribution in [3.05, 3.63) is 53.1 Å². The fraction of sp³-hybridized carbons (Fsp3) is 0.250. The lowest BCUT2D eigenvalue weighted by Crippen LogP contribution is -1.86. The van der Waals surface area contributed by atoms with Gasteiger partial charge in [0.25, 0.3) is 0 Å². The molecule has 0 unspecified atom stereocenters. The van der Waals surface area contributed by atoms with Gasteiger partial charge in [0, 0.05) is 18.8 Å². The molecule has 0 N–H and O–H groups in total. The molecule has 0 aliphatic rings. The van der Waals surface area contributed by atoms with Gasteiger partial charge in [0.2, 0.25) is 0 Å². The SMILES string of the molecule is C=C(CC)SC(=C)Cc1cccnc1. The first-order valence-electron chi connectivity index (χ1n) is 4.64. The van der Waals surface area contributed by atoms with Crippen molar-refractivity contribution in [1.82, 2.24) is 4.98 Å². The van der Waals surface area contributed by atoms with Crippen LogP contribution in [-0.2, 0) is 6.42 Å². The zero-order valence-electron chi connectivity index (χ0n) is 8.49. The third-order valence-corrected chi connectivity index (χ3v) is 2.82. The van der Waals surface area contributed by atoms with E-state index >= 15 is 0 Å². The molecule has 0 saturated carbocycles. The van der Waals surface area contributed by atoms with Gasteiger partial charge in [-0.05, 0) is 27.9 Å². The number of pyridine rings is 1. The molecule has 1 aromatic rings. The van der Waals surface area contributed by atoms with Crippen molar-refractivity contribution in [3.8, 4) is 0 Å². The molecule has 0 saturated heterocycles. The van der Waals surface area contributed by atoms with Crippen molar-refractivity contribution in [2.24, 2.45) is 0 Å². The summed E-state index contributed by atoms with van der Waals surface area (Å²) in [5.41, 5.74) is 1.20. The molecule has 1 rings (SSSR count). The molecule has 0 aliphatic carbocycles. The van der Waals surface area contributed by atoms with E-state index in [1.165, 1.54) is 10.5 Å². The molecule has 0 aromatic carbocycles. The van der Waals surface area contributed by atoms with E-state index in [-0.39, 0.29) is 0 Å². The van der Waals surface area contributed by atoms with E-state index in [4.69, 9.17) is 0 Å². The van der Waals surface area contributed by atoms with Gasteiger partial charge in [0.15, 0.2) is 0 Å². The van der Waals surface area contributed by atoms with Crippen molar-refractivity contribution < 1.29 is 0 Å². The Balaban J connectivity index is 2.46. The number of rotatable bonds is 5. The minimum atomic E-state index is 0.873.